The van der Waals surface area contributed by atoms with Crippen LogP contribution in [-0.2, 0) is 10.2 Å². The molecule has 2 atom stereocenters. The van der Waals surface area contributed by atoms with Crippen LogP contribution in [-0.4, -0.2) is 59.6 Å². The Hall–Kier alpha value is -2.88. The molecule has 5 N–H and O–H groups in total. The van der Waals surface area contributed by atoms with Crippen LogP contribution in [0.3, 0.4) is 0 Å². The van der Waals surface area contributed by atoms with Gasteiger partial charge in [-0.3, -0.25) is 4.79 Å². The third-order valence-corrected chi connectivity index (χ3v) is 6.12. The van der Waals surface area contributed by atoms with Crippen LogP contribution in [0.1, 0.15) is 45.1 Å². The summed E-state index contributed by atoms with van der Waals surface area (Å²) in [5, 5.41) is 22.2. The molecule has 2 rings (SSSR count). The summed E-state index contributed by atoms with van der Waals surface area (Å²) >= 11 is 0. The van der Waals surface area contributed by atoms with Gasteiger partial charge in [-0.05, 0) is 54.8 Å². The van der Waals surface area contributed by atoms with Crippen molar-refractivity contribution in [3.63, 3.8) is 0 Å². The average Bonchev–Trinajstić information content (AvgIpc) is 2.70. The number of nitrogens with two attached hydrogens (primary N) is 1. The lowest BCUT2D eigenvalue weighted by atomic mass is 9.68. The highest BCUT2D eigenvalue weighted by atomic mass is 16.7. The minimum absolute atomic E-state index is 0.00461. The molecule has 0 aromatic heterocycles. The number of hydrogen-bond acceptors (Lipinski definition) is 6. The number of carbonyl (C=O) groups excluding carboxylic acids is 1. The van der Waals surface area contributed by atoms with Crippen LogP contribution in [0.4, 0.5) is 0 Å². The summed E-state index contributed by atoms with van der Waals surface area (Å²) in [7, 11) is 0. The number of piperidine rings is 1. The number of benzene rings is 1. The maximum absolute atomic E-state index is 12.0. The van der Waals surface area contributed by atoms with Crippen LogP contribution in [0.5, 0.6) is 5.75 Å². The molecule has 1 heterocycles. The Morgan fingerprint density at radius 3 is 2.90 bits per heavy atom. The number of carbonyl (C=O) groups is 1. The second kappa shape index (κ2) is 11.5. The van der Waals surface area contributed by atoms with E-state index >= 15 is 0 Å². The van der Waals surface area contributed by atoms with Gasteiger partial charge in [-0.2, -0.15) is 0 Å². The van der Waals surface area contributed by atoms with Crippen molar-refractivity contribution in [1.29, 1.82) is 0 Å². The van der Waals surface area contributed by atoms with Gasteiger partial charge in [0.2, 0.25) is 5.91 Å². The molecule has 10 heteroatoms. The van der Waals surface area contributed by atoms with Crippen molar-refractivity contribution in [3.8, 4) is 5.75 Å². The maximum atomic E-state index is 12.0. The number of aromatic hydroxyl groups is 1. The highest BCUT2D eigenvalue weighted by Crippen LogP contribution is 2.40. The second-order valence-electron chi connectivity index (χ2n) is 8.36. The van der Waals surface area contributed by atoms with Crippen LogP contribution in [0.2, 0.25) is 0 Å². The Bertz CT molecular complexity index is 787. The fraction of sp³-hybridized carbons (Fsp3) is 0.619. The molecule has 1 aromatic rings. The molecule has 1 aliphatic heterocycles. The van der Waals surface area contributed by atoms with Gasteiger partial charge >= 0.3 is 0 Å². The van der Waals surface area contributed by atoms with Gasteiger partial charge in [0.1, 0.15) is 5.75 Å². The van der Waals surface area contributed by atoms with Crippen LogP contribution < -0.4 is 16.5 Å². The van der Waals surface area contributed by atoms with Crippen LogP contribution in [0.15, 0.2) is 29.3 Å². The first-order valence-electron chi connectivity index (χ1n) is 10.7. The molecule has 1 aliphatic rings. The zero-order chi connectivity index (χ0) is 22.9. The number of guanidine groups is 1. The molecule has 1 fully saturated rings. The molecule has 172 valence electrons. The summed E-state index contributed by atoms with van der Waals surface area (Å²) in [6.07, 6.45) is 2.67. The SMILES string of the molecule is CC1CN(CCNC(=O)CCCCN=C(N)N[N+](=O)[O-])CCC1(C)c1cccc(O)c1. The lowest BCUT2D eigenvalue weighted by Gasteiger charge is -2.45. The maximum Gasteiger partial charge on any atom is 0.251 e. The van der Waals surface area contributed by atoms with Crippen molar-refractivity contribution in [1.82, 2.24) is 15.6 Å². The number of nitrogens with zero attached hydrogens (tertiary/aromatic N) is 3. The van der Waals surface area contributed by atoms with Crippen molar-refractivity contribution in [2.45, 2.75) is 44.9 Å². The van der Waals surface area contributed by atoms with E-state index in [0.29, 0.717) is 44.0 Å². The third-order valence-electron chi connectivity index (χ3n) is 6.12. The molecule has 0 radical (unpaired) electrons. The fourth-order valence-corrected chi connectivity index (χ4v) is 3.98. The van der Waals surface area contributed by atoms with Crippen molar-refractivity contribution >= 4 is 11.9 Å². The van der Waals surface area contributed by atoms with E-state index in [2.05, 4.69) is 35.1 Å². The van der Waals surface area contributed by atoms with Crippen molar-refractivity contribution < 1.29 is 14.9 Å². The van der Waals surface area contributed by atoms with E-state index in [1.54, 1.807) is 11.5 Å². The molecule has 1 saturated heterocycles. The number of phenolic OH excluding ortho intramolecular Hbond substituents is 1. The smallest absolute Gasteiger partial charge is 0.251 e. The molecule has 1 amide bonds. The second-order valence-corrected chi connectivity index (χ2v) is 8.36. The predicted octanol–water partition coefficient (Wildman–Crippen LogP) is 1.37. The number of nitro groups is 1. The largest absolute Gasteiger partial charge is 0.508 e. The molecule has 0 spiro atoms. The number of nitrogens with one attached hydrogen (secondary N) is 2. The van der Waals surface area contributed by atoms with Gasteiger partial charge in [-0.15, -0.1) is 0 Å². The van der Waals surface area contributed by atoms with E-state index < -0.39 is 5.03 Å². The topological polar surface area (TPSA) is 146 Å². The van der Waals surface area contributed by atoms with Gasteiger partial charge < -0.3 is 21.1 Å². The number of aliphatic imine (C=N–C) groups is 1. The van der Waals surface area contributed by atoms with E-state index in [0.717, 1.165) is 26.1 Å². The third kappa shape index (κ3) is 7.71. The van der Waals surface area contributed by atoms with E-state index in [1.807, 2.05) is 12.1 Å². The normalized spacial score (nSPS) is 22.1. The van der Waals surface area contributed by atoms with Crippen LogP contribution in [0.25, 0.3) is 0 Å². The van der Waals surface area contributed by atoms with Gasteiger partial charge in [0.15, 0.2) is 5.03 Å². The molecule has 10 nitrogen and oxygen atoms in total. The molecule has 1 aromatic carbocycles. The summed E-state index contributed by atoms with van der Waals surface area (Å²) in [6.45, 7) is 8.14. The first-order valence-corrected chi connectivity index (χ1v) is 10.7. The van der Waals surface area contributed by atoms with E-state index in [9.17, 15) is 20.0 Å². The van der Waals surface area contributed by atoms with Gasteiger partial charge in [0.05, 0.1) is 0 Å². The Kier molecular flexibility index (Phi) is 9.04. The summed E-state index contributed by atoms with van der Waals surface area (Å²) in [5.41, 5.74) is 8.30. The van der Waals surface area contributed by atoms with Crippen molar-refractivity contribution in [3.05, 3.63) is 39.9 Å². The zero-order valence-electron chi connectivity index (χ0n) is 18.3. The molecule has 0 aliphatic carbocycles. The minimum atomic E-state index is -0.762. The standard InChI is InChI=1S/C21H34N6O4/c1-16-15-26(12-9-21(16,2)17-6-5-7-18(28)14-17)13-11-23-19(29)8-3-4-10-24-20(22)25-27(30)31/h5-7,14,16,28H,3-4,8-13,15H2,1-2H3,(H,23,29)(H3,22,24,25). The number of likely N-dealkylation sites (tertiary alicyclic amines) is 1. The Labute approximate surface area is 183 Å². The monoisotopic (exact) mass is 434 g/mol. The molecule has 0 saturated carbocycles. The van der Waals surface area contributed by atoms with Crippen molar-refractivity contribution in [2.75, 3.05) is 32.7 Å². The van der Waals surface area contributed by atoms with Crippen molar-refractivity contribution in [2.24, 2.45) is 16.6 Å². The minimum Gasteiger partial charge on any atom is -0.508 e. The summed E-state index contributed by atoms with van der Waals surface area (Å²) in [5.74, 6) is 0.497. The zero-order valence-corrected chi connectivity index (χ0v) is 18.3. The van der Waals surface area contributed by atoms with Gasteiger partial charge in [0.25, 0.3) is 5.96 Å². The summed E-state index contributed by atoms with van der Waals surface area (Å²) in [4.78, 5) is 28.4. The Morgan fingerprint density at radius 2 is 2.23 bits per heavy atom. The number of phenols is 1. The van der Waals surface area contributed by atoms with E-state index in [1.165, 1.54) is 5.56 Å². The Morgan fingerprint density at radius 1 is 1.45 bits per heavy atom. The lowest BCUT2D eigenvalue weighted by molar-refractivity contribution is -0.525. The number of rotatable bonds is 10. The number of hydrazine groups is 1. The molecule has 0 bridgehead atoms. The summed E-state index contributed by atoms with van der Waals surface area (Å²) in [6, 6.07) is 7.55. The fourth-order valence-electron chi connectivity index (χ4n) is 3.98. The van der Waals surface area contributed by atoms with Crippen LogP contribution >= 0.6 is 0 Å². The average molecular weight is 435 g/mol. The highest BCUT2D eigenvalue weighted by molar-refractivity contribution is 5.76. The molecule has 2 unspecified atom stereocenters. The number of unbranched alkanes of at least 4 members (excludes halogenated alkanes) is 1. The first-order chi connectivity index (χ1) is 14.7. The lowest BCUT2D eigenvalue weighted by Crippen LogP contribution is -2.49. The Balaban J connectivity index is 1.64. The molecular weight excluding hydrogens is 400 g/mol. The summed E-state index contributed by atoms with van der Waals surface area (Å²) < 4.78 is 0. The first kappa shape index (κ1) is 24.4. The predicted molar refractivity (Wildman–Crippen MR) is 119 cm³/mol. The molecule has 31 heavy (non-hydrogen) atoms. The van der Waals surface area contributed by atoms with E-state index in [-0.39, 0.29) is 17.3 Å². The molecular formula is C21H34N6O4. The van der Waals surface area contributed by atoms with Gasteiger partial charge in [-0.1, -0.05) is 31.4 Å². The van der Waals surface area contributed by atoms with E-state index in [4.69, 9.17) is 5.73 Å². The van der Waals surface area contributed by atoms with Gasteiger partial charge in [-0.25, -0.2) is 15.1 Å². The quantitative estimate of drug-likeness (QED) is 0.143. The number of hydrogen-bond donors (Lipinski definition) is 4. The number of amides is 1. The van der Waals surface area contributed by atoms with Gasteiger partial charge in [0, 0.05) is 32.6 Å². The highest BCUT2D eigenvalue weighted by Gasteiger charge is 2.37. The van der Waals surface area contributed by atoms with Crippen LogP contribution in [0, 0.1) is 16.0 Å².